The van der Waals surface area contributed by atoms with Crippen LogP contribution in [0.3, 0.4) is 0 Å². The molecule has 0 bridgehead atoms. The lowest BCUT2D eigenvalue weighted by molar-refractivity contribution is -0.137. The molecule has 1 fully saturated rings. The maximum absolute atomic E-state index is 12.4. The first-order chi connectivity index (χ1) is 8.47. The van der Waals surface area contributed by atoms with Gasteiger partial charge < -0.3 is 10.2 Å². The SMILES string of the molecule is O=C1NCCCN1Cc1ccc(C(F)(F)F)cc1. The molecule has 3 nitrogen and oxygen atoms in total. The van der Waals surface area contributed by atoms with Crippen molar-refractivity contribution in [3.8, 4) is 0 Å². The third kappa shape index (κ3) is 2.94. The summed E-state index contributed by atoms with van der Waals surface area (Å²) in [7, 11) is 0. The summed E-state index contributed by atoms with van der Waals surface area (Å²) in [6.45, 7) is 1.62. The number of nitrogens with zero attached hydrogens (tertiary/aromatic N) is 1. The van der Waals surface area contributed by atoms with Crippen molar-refractivity contribution in [2.45, 2.75) is 19.1 Å². The maximum atomic E-state index is 12.4. The van der Waals surface area contributed by atoms with E-state index in [2.05, 4.69) is 5.32 Å². The minimum absolute atomic E-state index is 0.166. The van der Waals surface area contributed by atoms with Crippen LogP contribution < -0.4 is 5.32 Å². The zero-order valence-electron chi connectivity index (χ0n) is 9.63. The van der Waals surface area contributed by atoms with Crippen LogP contribution >= 0.6 is 0 Å². The Labute approximate surface area is 103 Å². The summed E-state index contributed by atoms with van der Waals surface area (Å²) in [5.74, 6) is 0. The van der Waals surface area contributed by atoms with Gasteiger partial charge in [0.2, 0.25) is 0 Å². The zero-order valence-corrected chi connectivity index (χ0v) is 9.63. The lowest BCUT2D eigenvalue weighted by atomic mass is 10.1. The van der Waals surface area contributed by atoms with Crippen molar-refractivity contribution in [1.82, 2.24) is 10.2 Å². The van der Waals surface area contributed by atoms with Gasteiger partial charge in [-0.25, -0.2) is 4.79 Å². The molecule has 0 atom stereocenters. The molecule has 18 heavy (non-hydrogen) atoms. The van der Waals surface area contributed by atoms with E-state index < -0.39 is 11.7 Å². The highest BCUT2D eigenvalue weighted by Gasteiger charge is 2.30. The van der Waals surface area contributed by atoms with Gasteiger partial charge in [-0.3, -0.25) is 0 Å². The molecule has 6 heteroatoms. The molecule has 1 N–H and O–H groups in total. The Morgan fingerprint density at radius 1 is 1.22 bits per heavy atom. The third-order valence-electron chi connectivity index (χ3n) is 2.82. The number of hydrogen-bond acceptors (Lipinski definition) is 1. The average Bonchev–Trinajstić information content (AvgIpc) is 2.32. The van der Waals surface area contributed by atoms with Gasteiger partial charge in [0.15, 0.2) is 0 Å². The van der Waals surface area contributed by atoms with Crippen LogP contribution in [0.1, 0.15) is 17.5 Å². The molecular formula is C12H13F3N2O. The summed E-state index contributed by atoms with van der Waals surface area (Å²) in [5.41, 5.74) is 0.0226. The Morgan fingerprint density at radius 2 is 1.89 bits per heavy atom. The second-order valence-electron chi connectivity index (χ2n) is 4.20. The topological polar surface area (TPSA) is 32.3 Å². The molecule has 0 unspecified atom stereocenters. The van der Waals surface area contributed by atoms with Gasteiger partial charge in [0.1, 0.15) is 0 Å². The van der Waals surface area contributed by atoms with Gasteiger partial charge in [0, 0.05) is 19.6 Å². The smallest absolute Gasteiger partial charge is 0.338 e. The van der Waals surface area contributed by atoms with Gasteiger partial charge in [-0.05, 0) is 24.1 Å². The molecule has 0 aliphatic carbocycles. The zero-order chi connectivity index (χ0) is 13.2. The molecule has 0 aromatic heterocycles. The van der Waals surface area contributed by atoms with Crippen LogP contribution in [0.15, 0.2) is 24.3 Å². The largest absolute Gasteiger partial charge is 0.416 e. The summed E-state index contributed by atoms with van der Waals surface area (Å²) < 4.78 is 37.1. The Bertz CT molecular complexity index is 428. The van der Waals surface area contributed by atoms with Crippen LogP contribution in [-0.4, -0.2) is 24.0 Å². The highest BCUT2D eigenvalue weighted by atomic mass is 19.4. The van der Waals surface area contributed by atoms with E-state index >= 15 is 0 Å². The first-order valence-electron chi connectivity index (χ1n) is 5.66. The molecule has 98 valence electrons. The molecule has 1 aliphatic rings. The van der Waals surface area contributed by atoms with E-state index in [1.54, 1.807) is 4.90 Å². The van der Waals surface area contributed by atoms with Crippen LogP contribution in [0.25, 0.3) is 0 Å². The fraction of sp³-hybridized carbons (Fsp3) is 0.417. The first-order valence-corrected chi connectivity index (χ1v) is 5.66. The van der Waals surface area contributed by atoms with Crippen LogP contribution in [0, 0.1) is 0 Å². The lowest BCUT2D eigenvalue weighted by Gasteiger charge is -2.27. The van der Waals surface area contributed by atoms with E-state index in [4.69, 9.17) is 0 Å². The van der Waals surface area contributed by atoms with Crippen molar-refractivity contribution in [2.24, 2.45) is 0 Å². The van der Waals surface area contributed by atoms with Crippen molar-refractivity contribution in [1.29, 1.82) is 0 Å². The van der Waals surface area contributed by atoms with Crippen molar-refractivity contribution >= 4 is 6.03 Å². The Hall–Kier alpha value is -1.72. The van der Waals surface area contributed by atoms with Gasteiger partial charge >= 0.3 is 12.2 Å². The van der Waals surface area contributed by atoms with Crippen molar-refractivity contribution in [3.05, 3.63) is 35.4 Å². The molecule has 1 aromatic carbocycles. The molecule has 1 aliphatic heterocycles. The number of urea groups is 1. The van der Waals surface area contributed by atoms with E-state index in [1.165, 1.54) is 12.1 Å². The summed E-state index contributed by atoms with van der Waals surface area (Å²) in [4.78, 5) is 13.0. The fourth-order valence-electron chi connectivity index (χ4n) is 1.85. The Balaban J connectivity index is 2.04. The minimum Gasteiger partial charge on any atom is -0.338 e. The molecule has 1 heterocycles. The Kier molecular flexibility index (Phi) is 3.45. The van der Waals surface area contributed by atoms with Crippen molar-refractivity contribution in [3.63, 3.8) is 0 Å². The normalized spacial score (nSPS) is 16.6. The quantitative estimate of drug-likeness (QED) is 0.869. The van der Waals surface area contributed by atoms with Crippen LogP contribution in [0.4, 0.5) is 18.0 Å². The monoisotopic (exact) mass is 258 g/mol. The van der Waals surface area contributed by atoms with E-state index in [0.29, 0.717) is 25.2 Å². The molecule has 1 saturated heterocycles. The first kappa shape index (κ1) is 12.7. The van der Waals surface area contributed by atoms with E-state index in [-0.39, 0.29) is 6.03 Å². The van der Waals surface area contributed by atoms with Crippen LogP contribution in [0.5, 0.6) is 0 Å². The van der Waals surface area contributed by atoms with Crippen LogP contribution in [-0.2, 0) is 12.7 Å². The van der Waals surface area contributed by atoms with Crippen LogP contribution in [0.2, 0.25) is 0 Å². The van der Waals surface area contributed by atoms with E-state index in [9.17, 15) is 18.0 Å². The van der Waals surface area contributed by atoms with Gasteiger partial charge in [-0.2, -0.15) is 13.2 Å². The second kappa shape index (κ2) is 4.88. The number of amides is 2. The number of rotatable bonds is 2. The third-order valence-corrected chi connectivity index (χ3v) is 2.82. The standard InChI is InChI=1S/C12H13F3N2O/c13-12(14,15)10-4-2-9(3-5-10)8-17-7-1-6-16-11(17)18/h2-5H,1,6-8H2,(H,16,18). The van der Waals surface area contributed by atoms with Crippen molar-refractivity contribution in [2.75, 3.05) is 13.1 Å². The number of hydrogen-bond donors (Lipinski definition) is 1. The van der Waals surface area contributed by atoms with Gasteiger partial charge in [0.05, 0.1) is 5.56 Å². The van der Waals surface area contributed by atoms with Crippen molar-refractivity contribution < 1.29 is 18.0 Å². The summed E-state index contributed by atoms with van der Waals surface area (Å²) in [5, 5.41) is 2.69. The molecule has 0 saturated carbocycles. The predicted molar refractivity (Wildman–Crippen MR) is 59.9 cm³/mol. The number of alkyl halides is 3. The highest BCUT2D eigenvalue weighted by Crippen LogP contribution is 2.29. The molecule has 2 rings (SSSR count). The minimum atomic E-state index is -4.32. The summed E-state index contributed by atoms with van der Waals surface area (Å²) >= 11 is 0. The second-order valence-corrected chi connectivity index (χ2v) is 4.20. The Morgan fingerprint density at radius 3 is 2.44 bits per heavy atom. The highest BCUT2D eigenvalue weighted by molar-refractivity contribution is 5.74. The van der Waals surface area contributed by atoms with Gasteiger partial charge in [0.25, 0.3) is 0 Å². The summed E-state index contributed by atoms with van der Waals surface area (Å²) in [6.07, 6.45) is -3.46. The summed E-state index contributed by atoms with van der Waals surface area (Å²) in [6, 6.07) is 4.73. The lowest BCUT2D eigenvalue weighted by Crippen LogP contribution is -2.45. The number of halogens is 3. The molecule has 1 aromatic rings. The van der Waals surface area contributed by atoms with Gasteiger partial charge in [-0.15, -0.1) is 0 Å². The molecule has 0 spiro atoms. The maximum Gasteiger partial charge on any atom is 0.416 e. The predicted octanol–water partition coefficient (Wildman–Crippen LogP) is 2.62. The van der Waals surface area contributed by atoms with E-state index in [1.807, 2.05) is 0 Å². The number of nitrogens with one attached hydrogen (secondary N) is 1. The van der Waals surface area contributed by atoms with Gasteiger partial charge in [-0.1, -0.05) is 12.1 Å². The molecular weight excluding hydrogens is 245 g/mol. The number of carbonyl (C=O) groups is 1. The molecule has 0 radical (unpaired) electrons. The number of benzene rings is 1. The average molecular weight is 258 g/mol. The molecule has 2 amide bonds. The number of carbonyl (C=O) groups excluding carboxylic acids is 1. The van der Waals surface area contributed by atoms with E-state index in [0.717, 1.165) is 18.6 Å². The fourth-order valence-corrected chi connectivity index (χ4v) is 1.85.